The zero-order chi connectivity index (χ0) is 17.7. The molecule has 0 aliphatic heterocycles. The Kier molecular flexibility index (Phi) is 4.75. The van der Waals surface area contributed by atoms with E-state index in [0.717, 1.165) is 0 Å². The second-order valence-electron chi connectivity index (χ2n) is 4.98. The summed E-state index contributed by atoms with van der Waals surface area (Å²) >= 11 is 0. The van der Waals surface area contributed by atoms with Crippen molar-refractivity contribution in [2.75, 3.05) is 4.72 Å². The SMILES string of the molecule is O=C(NCc1ccco1)c1cnc(NS(=O)(=O)c2ccccc2)nc1. The van der Waals surface area contributed by atoms with Crippen LogP contribution in [0.5, 0.6) is 0 Å². The second kappa shape index (κ2) is 7.14. The van der Waals surface area contributed by atoms with Gasteiger partial charge in [-0.1, -0.05) is 18.2 Å². The van der Waals surface area contributed by atoms with E-state index in [2.05, 4.69) is 20.0 Å². The van der Waals surface area contributed by atoms with Crippen LogP contribution < -0.4 is 10.0 Å². The lowest BCUT2D eigenvalue weighted by atomic mass is 10.3. The van der Waals surface area contributed by atoms with Crippen LogP contribution in [0.4, 0.5) is 5.95 Å². The van der Waals surface area contributed by atoms with E-state index in [4.69, 9.17) is 4.42 Å². The third-order valence-electron chi connectivity index (χ3n) is 3.20. The number of furan rings is 1. The van der Waals surface area contributed by atoms with E-state index in [9.17, 15) is 13.2 Å². The van der Waals surface area contributed by atoms with E-state index in [0.29, 0.717) is 5.76 Å². The van der Waals surface area contributed by atoms with E-state index in [1.807, 2.05) is 0 Å². The molecule has 0 atom stereocenters. The van der Waals surface area contributed by atoms with Crippen LogP contribution in [0, 0.1) is 0 Å². The number of carbonyl (C=O) groups is 1. The molecule has 0 unspecified atom stereocenters. The van der Waals surface area contributed by atoms with Crippen LogP contribution in [0.2, 0.25) is 0 Å². The van der Waals surface area contributed by atoms with Gasteiger partial charge in [0.15, 0.2) is 0 Å². The standard InChI is InChI=1S/C16H14N4O4S/c21-15(17-11-13-5-4-8-24-13)12-9-18-16(19-10-12)20-25(22,23)14-6-2-1-3-7-14/h1-10H,11H2,(H,17,21)(H,18,19,20). The lowest BCUT2D eigenvalue weighted by Crippen LogP contribution is -2.23. The topological polar surface area (TPSA) is 114 Å². The molecule has 0 spiro atoms. The fraction of sp³-hybridized carbons (Fsp3) is 0.0625. The van der Waals surface area contributed by atoms with Crippen molar-refractivity contribution in [2.24, 2.45) is 0 Å². The normalized spacial score (nSPS) is 11.0. The molecule has 2 heterocycles. The largest absolute Gasteiger partial charge is 0.467 e. The number of amides is 1. The van der Waals surface area contributed by atoms with Gasteiger partial charge in [0.05, 0.1) is 23.3 Å². The number of benzene rings is 1. The first-order valence-corrected chi connectivity index (χ1v) is 8.73. The van der Waals surface area contributed by atoms with Crippen LogP contribution in [-0.2, 0) is 16.6 Å². The summed E-state index contributed by atoms with van der Waals surface area (Å²) < 4.78 is 31.7. The molecule has 2 aromatic heterocycles. The zero-order valence-electron chi connectivity index (χ0n) is 12.9. The lowest BCUT2D eigenvalue weighted by molar-refractivity contribution is 0.0947. The van der Waals surface area contributed by atoms with Crippen LogP contribution in [0.25, 0.3) is 0 Å². The molecule has 2 N–H and O–H groups in total. The maximum Gasteiger partial charge on any atom is 0.264 e. The highest BCUT2D eigenvalue weighted by molar-refractivity contribution is 7.92. The van der Waals surface area contributed by atoms with Crippen molar-refractivity contribution >= 4 is 21.9 Å². The minimum absolute atomic E-state index is 0.0962. The molecule has 25 heavy (non-hydrogen) atoms. The summed E-state index contributed by atoms with van der Waals surface area (Å²) in [7, 11) is -3.77. The molecular formula is C16H14N4O4S. The molecule has 0 aliphatic carbocycles. The van der Waals surface area contributed by atoms with E-state index in [-0.39, 0.29) is 23.0 Å². The summed E-state index contributed by atoms with van der Waals surface area (Å²) in [6.07, 6.45) is 4.00. The predicted molar refractivity (Wildman–Crippen MR) is 89.2 cm³/mol. The Morgan fingerprint density at radius 1 is 1.04 bits per heavy atom. The van der Waals surface area contributed by atoms with E-state index in [1.165, 1.54) is 30.8 Å². The number of nitrogens with zero attached hydrogens (tertiary/aromatic N) is 2. The molecule has 0 radical (unpaired) electrons. The Hall–Kier alpha value is -3.20. The molecule has 1 aromatic carbocycles. The number of hydrogen-bond donors (Lipinski definition) is 2. The molecule has 3 rings (SSSR count). The summed E-state index contributed by atoms with van der Waals surface area (Å²) in [4.78, 5) is 19.8. The third-order valence-corrected chi connectivity index (χ3v) is 4.54. The second-order valence-corrected chi connectivity index (χ2v) is 6.66. The van der Waals surface area contributed by atoms with Crippen LogP contribution >= 0.6 is 0 Å². The van der Waals surface area contributed by atoms with Gasteiger partial charge in [0, 0.05) is 12.4 Å². The smallest absolute Gasteiger partial charge is 0.264 e. The highest BCUT2D eigenvalue weighted by Crippen LogP contribution is 2.12. The predicted octanol–water partition coefficient (Wildman–Crippen LogP) is 1.80. The van der Waals surface area contributed by atoms with Gasteiger partial charge >= 0.3 is 0 Å². The average molecular weight is 358 g/mol. The van der Waals surface area contributed by atoms with Crippen LogP contribution in [0.1, 0.15) is 16.1 Å². The molecule has 9 heteroatoms. The number of rotatable bonds is 6. The van der Waals surface area contributed by atoms with Crippen LogP contribution in [0.3, 0.4) is 0 Å². The molecule has 0 saturated heterocycles. The summed E-state index contributed by atoms with van der Waals surface area (Å²) in [5.74, 6) is 0.0989. The van der Waals surface area contributed by atoms with Crippen molar-refractivity contribution in [3.63, 3.8) is 0 Å². The van der Waals surface area contributed by atoms with Gasteiger partial charge in [0.1, 0.15) is 5.76 Å². The fourth-order valence-corrected chi connectivity index (χ4v) is 2.94. The quantitative estimate of drug-likeness (QED) is 0.694. The molecule has 3 aromatic rings. The molecular weight excluding hydrogens is 344 g/mol. The molecule has 1 amide bonds. The molecule has 0 bridgehead atoms. The highest BCUT2D eigenvalue weighted by Gasteiger charge is 2.15. The van der Waals surface area contributed by atoms with Gasteiger partial charge < -0.3 is 9.73 Å². The maximum atomic E-state index is 12.2. The van der Waals surface area contributed by atoms with E-state index in [1.54, 1.807) is 30.3 Å². The number of carbonyl (C=O) groups excluding carboxylic acids is 1. The average Bonchev–Trinajstić information content (AvgIpc) is 3.14. The molecule has 0 saturated carbocycles. The van der Waals surface area contributed by atoms with Crippen molar-refractivity contribution in [3.8, 4) is 0 Å². The summed E-state index contributed by atoms with van der Waals surface area (Å²) in [6.45, 7) is 0.230. The third kappa shape index (κ3) is 4.21. The minimum atomic E-state index is -3.77. The molecule has 0 aliphatic rings. The van der Waals surface area contributed by atoms with Gasteiger partial charge in [-0.15, -0.1) is 0 Å². The van der Waals surface area contributed by atoms with E-state index < -0.39 is 15.9 Å². The Morgan fingerprint density at radius 3 is 2.40 bits per heavy atom. The zero-order valence-corrected chi connectivity index (χ0v) is 13.7. The van der Waals surface area contributed by atoms with Gasteiger partial charge in [-0.3, -0.25) is 4.79 Å². The monoisotopic (exact) mass is 358 g/mol. The number of nitrogens with one attached hydrogen (secondary N) is 2. The maximum absolute atomic E-state index is 12.2. The first-order chi connectivity index (χ1) is 12.0. The Bertz CT molecular complexity index is 940. The molecule has 128 valence electrons. The van der Waals surface area contributed by atoms with Crippen molar-refractivity contribution in [2.45, 2.75) is 11.4 Å². The van der Waals surface area contributed by atoms with E-state index >= 15 is 0 Å². The van der Waals surface area contributed by atoms with Gasteiger partial charge in [-0.25, -0.2) is 23.1 Å². The Labute approximate surface area is 144 Å². The van der Waals surface area contributed by atoms with Crippen molar-refractivity contribution in [1.29, 1.82) is 0 Å². The van der Waals surface area contributed by atoms with Crippen molar-refractivity contribution in [1.82, 2.24) is 15.3 Å². The number of sulfonamides is 1. The summed E-state index contributed by atoms with van der Waals surface area (Å²) in [5, 5.41) is 2.64. The number of hydrogen-bond acceptors (Lipinski definition) is 6. The molecule has 0 fully saturated rings. The van der Waals surface area contributed by atoms with Crippen LogP contribution in [-0.4, -0.2) is 24.3 Å². The first kappa shape index (κ1) is 16.7. The lowest BCUT2D eigenvalue weighted by Gasteiger charge is -2.07. The van der Waals surface area contributed by atoms with Gasteiger partial charge in [0.2, 0.25) is 5.95 Å². The Balaban J connectivity index is 1.65. The van der Waals surface area contributed by atoms with Crippen LogP contribution in [0.15, 0.2) is 70.4 Å². The molecule has 8 nitrogen and oxygen atoms in total. The fourth-order valence-electron chi connectivity index (χ4n) is 1.96. The minimum Gasteiger partial charge on any atom is -0.467 e. The van der Waals surface area contributed by atoms with Crippen molar-refractivity contribution < 1.29 is 17.6 Å². The highest BCUT2D eigenvalue weighted by atomic mass is 32.2. The van der Waals surface area contributed by atoms with Gasteiger partial charge in [0.25, 0.3) is 15.9 Å². The number of aromatic nitrogens is 2. The summed E-state index contributed by atoms with van der Waals surface area (Å²) in [5.41, 5.74) is 0.203. The first-order valence-electron chi connectivity index (χ1n) is 7.25. The van der Waals surface area contributed by atoms with Gasteiger partial charge in [-0.2, -0.15) is 0 Å². The summed E-state index contributed by atoms with van der Waals surface area (Å²) in [6, 6.07) is 11.3. The number of anilines is 1. The van der Waals surface area contributed by atoms with Crippen molar-refractivity contribution in [3.05, 3.63) is 72.4 Å². The van der Waals surface area contributed by atoms with Gasteiger partial charge in [-0.05, 0) is 24.3 Å². The Morgan fingerprint density at radius 2 is 1.76 bits per heavy atom.